The monoisotopic (exact) mass is 1040 g/mol. The number of benzene rings is 11. The number of para-hydroxylation sites is 3. The van der Waals surface area contributed by atoms with Crippen molar-refractivity contribution < 1.29 is 0 Å². The van der Waals surface area contributed by atoms with Gasteiger partial charge in [-0.3, -0.25) is 0 Å². The van der Waals surface area contributed by atoms with Crippen molar-refractivity contribution in [2.24, 2.45) is 0 Å². The van der Waals surface area contributed by atoms with Crippen LogP contribution in [0.1, 0.15) is 0 Å². The quantitative estimate of drug-likeness (QED) is 0.120. The zero-order chi connectivity index (χ0) is 47.1. The number of rotatable bonds is 11. The Morgan fingerprint density at radius 2 is 0.465 bits per heavy atom. The molecule has 3 nitrogen and oxygen atoms in total. The van der Waals surface area contributed by atoms with E-state index in [1.165, 1.54) is 72.2 Å². The molecule has 0 unspecified atom stereocenters. The van der Waals surface area contributed by atoms with E-state index in [0.29, 0.717) is 0 Å². The number of hydrogen-bond acceptors (Lipinski definition) is 3. The third-order valence-electron chi connectivity index (χ3n) is 13.5. The molecule has 0 bridgehead atoms. The van der Waals surface area contributed by atoms with E-state index in [1.54, 1.807) is 0 Å². The Hall–Kier alpha value is -8.14. The van der Waals surface area contributed by atoms with Gasteiger partial charge in [0.2, 0.25) is 0 Å². The van der Waals surface area contributed by atoms with Crippen LogP contribution in [-0.4, -0.2) is 29.0 Å². The van der Waals surface area contributed by atoms with Crippen LogP contribution >= 0.6 is 0 Å². The molecule has 11 aromatic carbocycles. The van der Waals surface area contributed by atoms with Gasteiger partial charge in [0.15, 0.2) is 0 Å². The van der Waals surface area contributed by atoms with Gasteiger partial charge in [-0.1, -0.05) is 18.2 Å². The summed E-state index contributed by atoms with van der Waals surface area (Å²) in [7, 11) is 0. The summed E-state index contributed by atoms with van der Waals surface area (Å²) in [4.78, 5) is 7.19. The Morgan fingerprint density at radius 3 is 0.817 bits per heavy atom. The fourth-order valence-corrected chi connectivity index (χ4v) is 15.1. The van der Waals surface area contributed by atoms with Crippen LogP contribution in [0.15, 0.2) is 273 Å². The van der Waals surface area contributed by atoms with E-state index in [-0.39, 0.29) is 29.0 Å². The Morgan fingerprint density at radius 1 is 0.197 bits per heavy atom. The zero-order valence-corrected chi connectivity index (χ0v) is 42.1. The van der Waals surface area contributed by atoms with Crippen LogP contribution in [-0.2, 0) is 0 Å². The summed E-state index contributed by atoms with van der Waals surface area (Å²) in [6, 6.07) is 99.6. The second-order valence-corrected chi connectivity index (χ2v) is 22.1. The SMILES string of the molecule is c1ccc(N(c2ccc(-c3ccc(N(c4ccccc4)c4cccc5c4[se]c4ccccc45)cc3)cc2)c2ccc(-c3ccc(N(c4ccccc4)c4cccc5c4[se]c4ccccc45)cc3)cc2)cc1. The average molecular weight is 1040 g/mol. The molecule has 0 spiro atoms. The molecule has 0 radical (unpaired) electrons. The Kier molecular flexibility index (Phi) is 11.3. The third-order valence-corrected chi connectivity index (χ3v) is 18.5. The van der Waals surface area contributed by atoms with Crippen LogP contribution in [0.5, 0.6) is 0 Å². The van der Waals surface area contributed by atoms with Crippen LogP contribution < -0.4 is 14.7 Å². The van der Waals surface area contributed by atoms with Crippen molar-refractivity contribution in [1.82, 2.24) is 0 Å². The van der Waals surface area contributed by atoms with Crippen molar-refractivity contribution in [3.05, 3.63) is 273 Å². The van der Waals surface area contributed by atoms with Crippen LogP contribution in [0.3, 0.4) is 0 Å². The molecule has 0 amide bonds. The first-order valence-corrected chi connectivity index (χ1v) is 27.4. The van der Waals surface area contributed by atoms with Crippen LogP contribution in [0.2, 0.25) is 0 Å². The first kappa shape index (κ1) is 42.9. The van der Waals surface area contributed by atoms with Crippen LogP contribution in [0, 0.1) is 0 Å². The van der Waals surface area contributed by atoms with E-state index in [2.05, 4.69) is 288 Å². The van der Waals surface area contributed by atoms with Gasteiger partial charge >= 0.3 is 393 Å². The van der Waals surface area contributed by atoms with Crippen molar-refractivity contribution >= 4 is 119 Å². The summed E-state index contributed by atoms with van der Waals surface area (Å²) in [5, 5.41) is 5.44. The molecule has 0 saturated heterocycles. The largest absolute Gasteiger partial charge is 0.0602 e. The maximum absolute atomic E-state index is 2.42. The average Bonchev–Trinajstić information content (AvgIpc) is 4.03. The van der Waals surface area contributed by atoms with Gasteiger partial charge in [0, 0.05) is 5.69 Å². The van der Waals surface area contributed by atoms with Crippen molar-refractivity contribution in [3.8, 4) is 22.3 Å². The molecule has 2 aromatic heterocycles. The molecular weight excluding hydrogens is 993 g/mol. The first-order valence-electron chi connectivity index (χ1n) is 24.0. The molecule has 0 saturated carbocycles. The van der Waals surface area contributed by atoms with Crippen molar-refractivity contribution in [2.75, 3.05) is 14.7 Å². The molecule has 5 heteroatoms. The summed E-state index contributed by atoms with van der Waals surface area (Å²) in [5.74, 6) is 0. The second kappa shape index (κ2) is 18.6. The normalized spacial score (nSPS) is 11.4. The summed E-state index contributed by atoms with van der Waals surface area (Å²) in [6.07, 6.45) is 0. The van der Waals surface area contributed by atoms with Gasteiger partial charge in [-0.2, -0.15) is 0 Å². The third kappa shape index (κ3) is 8.06. The van der Waals surface area contributed by atoms with E-state index in [4.69, 9.17) is 0 Å². The molecule has 13 aromatic rings. The molecule has 0 aliphatic heterocycles. The first-order chi connectivity index (χ1) is 35.2. The van der Waals surface area contributed by atoms with Crippen LogP contribution in [0.25, 0.3) is 60.8 Å². The summed E-state index contributed by atoms with van der Waals surface area (Å²) in [6.45, 7) is 0. The maximum atomic E-state index is 2.42. The molecule has 71 heavy (non-hydrogen) atoms. The molecule has 13 rings (SSSR count). The topological polar surface area (TPSA) is 9.72 Å². The minimum absolute atomic E-state index is 0.226. The number of fused-ring (bicyclic) bond motifs is 6. The molecular formula is C66H45N3Se2. The summed E-state index contributed by atoms with van der Waals surface area (Å²) in [5.41, 5.74) is 15.1. The van der Waals surface area contributed by atoms with E-state index in [0.717, 1.165) is 39.8 Å². The number of hydrogen-bond donors (Lipinski definition) is 0. The van der Waals surface area contributed by atoms with E-state index >= 15 is 0 Å². The van der Waals surface area contributed by atoms with Gasteiger partial charge < -0.3 is 0 Å². The van der Waals surface area contributed by atoms with E-state index in [9.17, 15) is 0 Å². The molecule has 2 heterocycles. The molecule has 0 N–H and O–H groups in total. The molecule has 0 aliphatic carbocycles. The van der Waals surface area contributed by atoms with Gasteiger partial charge in [0.25, 0.3) is 0 Å². The Balaban J connectivity index is 0.787. The van der Waals surface area contributed by atoms with E-state index in [1.807, 2.05) is 0 Å². The molecule has 0 aliphatic rings. The van der Waals surface area contributed by atoms with E-state index < -0.39 is 0 Å². The van der Waals surface area contributed by atoms with Gasteiger partial charge in [-0.05, 0) is 12.1 Å². The standard InChI is InChI=1S/C66H45N3Se2/c1-4-16-50(17-5-1)67(53-38-30-46(31-39-53)48-34-42-55(43-35-48)68(51-18-6-2-7-19-51)61-26-14-24-59-57-22-10-12-28-63(57)70-65(59)61)54-40-32-47(33-41-54)49-36-44-56(45-37-49)69(52-20-8-3-9-21-52)62-27-15-25-60-58-23-11-13-29-64(58)71-66(60)62/h1-45H. The van der Waals surface area contributed by atoms with Crippen molar-refractivity contribution in [1.29, 1.82) is 0 Å². The maximum Gasteiger partial charge on any atom is -0.0380 e. The van der Waals surface area contributed by atoms with Gasteiger partial charge in [-0.15, -0.1) is 0 Å². The second-order valence-electron chi connectivity index (χ2n) is 17.7. The fourth-order valence-electron chi connectivity index (χ4n) is 10.1. The zero-order valence-electron chi connectivity index (χ0n) is 38.6. The Bertz CT molecular complexity index is 3720. The predicted octanol–water partition coefficient (Wildman–Crippen LogP) is 18.2. The van der Waals surface area contributed by atoms with Crippen molar-refractivity contribution in [2.45, 2.75) is 0 Å². The Labute approximate surface area is 425 Å². The molecule has 0 atom stereocenters. The predicted molar refractivity (Wildman–Crippen MR) is 305 cm³/mol. The number of nitrogens with zero attached hydrogens (tertiary/aromatic N) is 3. The summed E-state index contributed by atoms with van der Waals surface area (Å²) < 4.78 is 5.76. The van der Waals surface area contributed by atoms with Crippen LogP contribution in [0.4, 0.5) is 51.2 Å². The minimum atomic E-state index is 0.226. The fraction of sp³-hybridized carbons (Fsp3) is 0. The molecule has 0 fully saturated rings. The van der Waals surface area contributed by atoms with Gasteiger partial charge in [-0.25, -0.2) is 0 Å². The molecule has 336 valence electrons. The number of anilines is 9. The smallest absolute Gasteiger partial charge is 0.0380 e. The van der Waals surface area contributed by atoms with Gasteiger partial charge in [0.1, 0.15) is 0 Å². The van der Waals surface area contributed by atoms with Gasteiger partial charge in [0.05, 0.1) is 0 Å². The van der Waals surface area contributed by atoms with Crippen molar-refractivity contribution in [3.63, 3.8) is 0 Å². The minimum Gasteiger partial charge on any atom is -0.0602 e. The summed E-state index contributed by atoms with van der Waals surface area (Å²) >= 11 is 0.452.